The number of anilines is 2. The highest BCUT2D eigenvalue weighted by molar-refractivity contribution is 6.33. The van der Waals surface area contributed by atoms with Crippen LogP contribution in [0.4, 0.5) is 11.4 Å². The Morgan fingerprint density at radius 3 is 2.55 bits per heavy atom. The van der Waals surface area contributed by atoms with Gasteiger partial charge in [-0.15, -0.1) is 0 Å². The normalized spacial score (nSPS) is 22.2. The van der Waals surface area contributed by atoms with E-state index in [0.29, 0.717) is 10.7 Å². The van der Waals surface area contributed by atoms with Crippen molar-refractivity contribution in [2.45, 2.75) is 25.7 Å². The number of aliphatic carboxylic acids is 1. The third-order valence-corrected chi connectivity index (χ3v) is 4.72. The Morgan fingerprint density at radius 1 is 1.23 bits per heavy atom. The van der Waals surface area contributed by atoms with Gasteiger partial charge in [0.15, 0.2) is 0 Å². The predicted octanol–water partition coefficient (Wildman–Crippen LogP) is 2.77. The molecule has 1 atom stereocenters. The van der Waals surface area contributed by atoms with Gasteiger partial charge in [0.1, 0.15) is 0 Å². The van der Waals surface area contributed by atoms with Gasteiger partial charge in [0.2, 0.25) is 5.91 Å². The highest BCUT2D eigenvalue weighted by Gasteiger charge is 2.35. The zero-order chi connectivity index (χ0) is 15.7. The maximum absolute atomic E-state index is 12.0. The molecule has 0 aliphatic carbocycles. The Morgan fingerprint density at radius 2 is 1.95 bits per heavy atom. The number of rotatable bonds is 3. The number of nitrogens with zero attached hydrogens (tertiary/aromatic N) is 2. The van der Waals surface area contributed by atoms with E-state index in [0.717, 1.165) is 18.8 Å². The topological polar surface area (TPSA) is 60.9 Å². The summed E-state index contributed by atoms with van der Waals surface area (Å²) in [5, 5.41) is 9.67. The molecule has 0 bridgehead atoms. The van der Waals surface area contributed by atoms with Gasteiger partial charge >= 0.3 is 5.97 Å². The second kappa shape index (κ2) is 6.16. The molecule has 2 aliphatic heterocycles. The SMILES string of the molecule is O=C(O)[C@H]1CC(=O)N(c2ccc(N3CCCCC3)c(Cl)c2)C1. The monoisotopic (exact) mass is 322 g/mol. The number of hydrogen-bond acceptors (Lipinski definition) is 3. The van der Waals surface area contributed by atoms with E-state index in [2.05, 4.69) is 4.90 Å². The molecule has 118 valence electrons. The van der Waals surface area contributed by atoms with Crippen molar-refractivity contribution in [2.75, 3.05) is 29.4 Å². The molecule has 0 saturated carbocycles. The van der Waals surface area contributed by atoms with Gasteiger partial charge in [0.25, 0.3) is 0 Å². The quantitative estimate of drug-likeness (QED) is 0.929. The van der Waals surface area contributed by atoms with Crippen LogP contribution in [0.1, 0.15) is 25.7 Å². The van der Waals surface area contributed by atoms with E-state index in [-0.39, 0.29) is 18.9 Å². The first-order chi connectivity index (χ1) is 10.6. The molecule has 6 heteroatoms. The summed E-state index contributed by atoms with van der Waals surface area (Å²) in [7, 11) is 0. The first kappa shape index (κ1) is 15.2. The lowest BCUT2D eigenvalue weighted by Gasteiger charge is -2.30. The van der Waals surface area contributed by atoms with E-state index in [4.69, 9.17) is 16.7 Å². The maximum atomic E-state index is 12.0. The van der Waals surface area contributed by atoms with E-state index >= 15 is 0 Å². The van der Waals surface area contributed by atoms with Gasteiger partial charge in [-0.05, 0) is 37.5 Å². The lowest BCUT2D eigenvalue weighted by Crippen LogP contribution is -2.30. The lowest BCUT2D eigenvalue weighted by atomic mass is 10.1. The summed E-state index contributed by atoms with van der Waals surface area (Å²) in [6.45, 7) is 2.22. The van der Waals surface area contributed by atoms with Crippen LogP contribution < -0.4 is 9.80 Å². The molecule has 1 amide bonds. The first-order valence-electron chi connectivity index (χ1n) is 7.64. The minimum Gasteiger partial charge on any atom is -0.481 e. The van der Waals surface area contributed by atoms with Gasteiger partial charge < -0.3 is 14.9 Å². The molecule has 1 N–H and O–H groups in total. The number of carboxylic acids is 1. The molecule has 2 aliphatic rings. The van der Waals surface area contributed by atoms with Crippen LogP contribution in [0.3, 0.4) is 0 Å². The highest BCUT2D eigenvalue weighted by atomic mass is 35.5. The Balaban J connectivity index is 1.80. The summed E-state index contributed by atoms with van der Waals surface area (Å²) in [5.74, 6) is -1.71. The maximum Gasteiger partial charge on any atom is 0.308 e. The Bertz CT molecular complexity index is 599. The summed E-state index contributed by atoms with van der Waals surface area (Å²) in [6, 6.07) is 5.57. The zero-order valence-corrected chi connectivity index (χ0v) is 13.1. The zero-order valence-electron chi connectivity index (χ0n) is 12.3. The summed E-state index contributed by atoms with van der Waals surface area (Å²) < 4.78 is 0. The number of amides is 1. The predicted molar refractivity (Wildman–Crippen MR) is 85.6 cm³/mol. The minimum atomic E-state index is -0.924. The van der Waals surface area contributed by atoms with Gasteiger partial charge in [-0.3, -0.25) is 9.59 Å². The van der Waals surface area contributed by atoms with Crippen molar-refractivity contribution in [1.82, 2.24) is 0 Å². The summed E-state index contributed by atoms with van der Waals surface area (Å²) >= 11 is 6.39. The van der Waals surface area contributed by atoms with Gasteiger partial charge in [0.05, 0.1) is 16.6 Å². The first-order valence-corrected chi connectivity index (χ1v) is 8.02. The molecule has 1 aromatic carbocycles. The number of benzene rings is 1. The van der Waals surface area contributed by atoms with E-state index in [1.807, 2.05) is 12.1 Å². The fraction of sp³-hybridized carbons (Fsp3) is 0.500. The second-order valence-corrected chi connectivity index (χ2v) is 6.33. The summed E-state index contributed by atoms with van der Waals surface area (Å²) in [4.78, 5) is 26.8. The molecular formula is C16H19ClN2O3. The van der Waals surface area contributed by atoms with Crippen LogP contribution in [0.2, 0.25) is 5.02 Å². The van der Waals surface area contributed by atoms with E-state index < -0.39 is 11.9 Å². The van der Waals surface area contributed by atoms with Crippen LogP contribution >= 0.6 is 11.6 Å². The van der Waals surface area contributed by atoms with Crippen molar-refractivity contribution >= 4 is 34.9 Å². The minimum absolute atomic E-state index is 0.0564. The smallest absolute Gasteiger partial charge is 0.308 e. The van der Waals surface area contributed by atoms with Crippen molar-refractivity contribution in [1.29, 1.82) is 0 Å². The average Bonchev–Trinajstić information content (AvgIpc) is 2.90. The number of halogens is 1. The van der Waals surface area contributed by atoms with E-state index in [1.54, 1.807) is 6.07 Å². The van der Waals surface area contributed by atoms with Gasteiger partial charge in [-0.2, -0.15) is 0 Å². The van der Waals surface area contributed by atoms with Crippen LogP contribution in [0.25, 0.3) is 0 Å². The van der Waals surface area contributed by atoms with Gasteiger partial charge in [-0.25, -0.2) is 0 Å². The van der Waals surface area contributed by atoms with Crippen molar-refractivity contribution in [2.24, 2.45) is 5.92 Å². The Labute approximate surface area is 134 Å². The number of carbonyl (C=O) groups excluding carboxylic acids is 1. The molecule has 1 aromatic rings. The number of carboxylic acid groups (broad SMARTS) is 1. The van der Waals surface area contributed by atoms with E-state index in [9.17, 15) is 9.59 Å². The molecule has 2 fully saturated rings. The van der Waals surface area contributed by atoms with Crippen LogP contribution in [-0.2, 0) is 9.59 Å². The van der Waals surface area contributed by atoms with Crippen LogP contribution in [-0.4, -0.2) is 36.6 Å². The average molecular weight is 323 g/mol. The van der Waals surface area contributed by atoms with Gasteiger partial charge in [0, 0.05) is 31.7 Å². The Hall–Kier alpha value is -1.75. The molecule has 5 nitrogen and oxygen atoms in total. The van der Waals surface area contributed by atoms with Crippen LogP contribution in [0, 0.1) is 5.92 Å². The Kier molecular flexibility index (Phi) is 4.25. The van der Waals surface area contributed by atoms with Crippen molar-refractivity contribution in [3.8, 4) is 0 Å². The van der Waals surface area contributed by atoms with Crippen molar-refractivity contribution in [3.63, 3.8) is 0 Å². The number of hydrogen-bond donors (Lipinski definition) is 1. The molecule has 2 heterocycles. The van der Waals surface area contributed by atoms with Crippen molar-refractivity contribution in [3.05, 3.63) is 23.2 Å². The summed E-state index contributed by atoms with van der Waals surface area (Å²) in [5.41, 5.74) is 1.67. The lowest BCUT2D eigenvalue weighted by molar-refractivity contribution is -0.141. The van der Waals surface area contributed by atoms with E-state index in [1.165, 1.54) is 24.2 Å². The molecule has 2 saturated heterocycles. The molecule has 22 heavy (non-hydrogen) atoms. The third kappa shape index (κ3) is 2.90. The highest BCUT2D eigenvalue weighted by Crippen LogP contribution is 2.34. The fourth-order valence-electron chi connectivity index (χ4n) is 3.18. The van der Waals surface area contributed by atoms with Crippen LogP contribution in [0.5, 0.6) is 0 Å². The third-order valence-electron chi connectivity index (χ3n) is 4.41. The molecule has 3 rings (SSSR count). The number of carbonyl (C=O) groups is 2. The van der Waals surface area contributed by atoms with Gasteiger partial charge in [-0.1, -0.05) is 11.6 Å². The molecule has 0 aromatic heterocycles. The standard InChI is InChI=1S/C16H19ClN2O3/c17-13-9-12(19-10-11(16(21)22)8-15(19)20)4-5-14(13)18-6-2-1-3-7-18/h4-5,9,11H,1-3,6-8,10H2,(H,21,22)/t11-/m0/s1. The molecule has 0 radical (unpaired) electrons. The fourth-order valence-corrected chi connectivity index (χ4v) is 3.47. The molecule has 0 unspecified atom stereocenters. The van der Waals surface area contributed by atoms with Crippen LogP contribution in [0.15, 0.2) is 18.2 Å². The largest absolute Gasteiger partial charge is 0.481 e. The number of piperidine rings is 1. The molecule has 0 spiro atoms. The van der Waals surface area contributed by atoms with Crippen molar-refractivity contribution < 1.29 is 14.7 Å². The summed E-state index contributed by atoms with van der Waals surface area (Å²) in [6.07, 6.45) is 3.65. The molecular weight excluding hydrogens is 304 g/mol. The second-order valence-electron chi connectivity index (χ2n) is 5.93.